The summed E-state index contributed by atoms with van der Waals surface area (Å²) in [5.74, 6) is 0.704. The Balaban J connectivity index is 3.65. The summed E-state index contributed by atoms with van der Waals surface area (Å²) in [7, 11) is 0. The van der Waals surface area contributed by atoms with Crippen LogP contribution in [0.4, 0.5) is 0 Å². The molecule has 0 N–H and O–H groups in total. The van der Waals surface area contributed by atoms with E-state index in [4.69, 9.17) is 12.2 Å². The van der Waals surface area contributed by atoms with E-state index in [2.05, 4.69) is 20.8 Å². The summed E-state index contributed by atoms with van der Waals surface area (Å²) in [6.07, 6.45) is 4.78. The van der Waals surface area contributed by atoms with E-state index in [0.29, 0.717) is 5.92 Å². The molecule has 10 heavy (non-hydrogen) atoms. The molecule has 0 aromatic rings. The van der Waals surface area contributed by atoms with Crippen LogP contribution in [-0.2, 0) is 0 Å². The van der Waals surface area contributed by atoms with Gasteiger partial charge in [-0.05, 0) is 30.0 Å². The monoisotopic (exact) mass is 158 g/mol. The second-order valence-electron chi connectivity index (χ2n) is 2.73. The van der Waals surface area contributed by atoms with Crippen molar-refractivity contribution in [1.29, 1.82) is 0 Å². The maximum absolute atomic E-state index is 5.27. The second-order valence-corrected chi connectivity index (χ2v) is 3.25. The zero-order valence-electron chi connectivity index (χ0n) is 7.31. The van der Waals surface area contributed by atoms with Gasteiger partial charge in [0.15, 0.2) is 0 Å². The zero-order chi connectivity index (χ0) is 7.98. The predicted molar refractivity (Wildman–Crippen MR) is 51.6 cm³/mol. The van der Waals surface area contributed by atoms with Crippen molar-refractivity contribution >= 4 is 17.1 Å². The lowest BCUT2D eigenvalue weighted by molar-refractivity contribution is 0.637. The van der Waals surface area contributed by atoms with E-state index >= 15 is 0 Å². The Morgan fingerprint density at radius 2 is 1.70 bits per heavy atom. The van der Waals surface area contributed by atoms with Gasteiger partial charge in [-0.2, -0.15) is 0 Å². The molecule has 0 saturated carbocycles. The molecule has 0 amide bonds. The minimum atomic E-state index is 0.704. The van der Waals surface area contributed by atoms with Crippen LogP contribution in [0.1, 0.15) is 46.5 Å². The van der Waals surface area contributed by atoms with Crippen LogP contribution >= 0.6 is 12.2 Å². The van der Waals surface area contributed by atoms with E-state index in [1.807, 2.05) is 0 Å². The summed E-state index contributed by atoms with van der Waals surface area (Å²) in [4.78, 5) is 1.28. The third kappa shape index (κ3) is 3.31. The minimum Gasteiger partial charge on any atom is -0.0894 e. The number of hydrogen-bond acceptors (Lipinski definition) is 1. The van der Waals surface area contributed by atoms with Gasteiger partial charge in [0.25, 0.3) is 0 Å². The molecule has 0 rings (SSSR count). The first-order chi connectivity index (χ1) is 4.76. The molecule has 0 aliphatic heterocycles. The normalized spacial score (nSPS) is 10.4. The Kier molecular flexibility index (Phi) is 5.90. The van der Waals surface area contributed by atoms with Gasteiger partial charge in [-0.15, -0.1) is 0 Å². The van der Waals surface area contributed by atoms with Crippen molar-refractivity contribution in [3.63, 3.8) is 0 Å². The minimum absolute atomic E-state index is 0.704. The van der Waals surface area contributed by atoms with Gasteiger partial charge < -0.3 is 0 Å². The predicted octanol–water partition coefficient (Wildman–Crippen LogP) is 3.59. The average molecular weight is 158 g/mol. The third-order valence-electron chi connectivity index (χ3n) is 1.94. The lowest BCUT2D eigenvalue weighted by Crippen LogP contribution is -2.09. The van der Waals surface area contributed by atoms with E-state index in [1.165, 1.54) is 24.1 Å². The van der Waals surface area contributed by atoms with Crippen LogP contribution in [0.25, 0.3) is 0 Å². The van der Waals surface area contributed by atoms with E-state index < -0.39 is 0 Å². The molecule has 0 saturated heterocycles. The third-order valence-corrected chi connectivity index (χ3v) is 2.47. The van der Waals surface area contributed by atoms with Crippen LogP contribution in [0.3, 0.4) is 0 Å². The van der Waals surface area contributed by atoms with Crippen LogP contribution in [0.5, 0.6) is 0 Å². The summed E-state index contributed by atoms with van der Waals surface area (Å²) in [6.45, 7) is 6.63. The van der Waals surface area contributed by atoms with Gasteiger partial charge >= 0.3 is 0 Å². The van der Waals surface area contributed by atoms with Crippen LogP contribution in [0, 0.1) is 5.92 Å². The molecular weight excluding hydrogens is 140 g/mol. The molecule has 0 fully saturated rings. The lowest BCUT2D eigenvalue weighted by Gasteiger charge is -2.12. The molecule has 0 heterocycles. The maximum Gasteiger partial charge on any atom is -0.00409 e. The van der Waals surface area contributed by atoms with Gasteiger partial charge in [-0.3, -0.25) is 0 Å². The van der Waals surface area contributed by atoms with Crippen LogP contribution in [0.2, 0.25) is 0 Å². The smallest absolute Gasteiger partial charge is 0.00409 e. The molecule has 60 valence electrons. The first-order valence-electron chi connectivity index (χ1n) is 4.28. The average Bonchev–Trinajstić information content (AvgIpc) is 1.91. The van der Waals surface area contributed by atoms with Gasteiger partial charge in [-0.1, -0.05) is 39.4 Å². The van der Waals surface area contributed by atoms with Gasteiger partial charge in [-0.25, -0.2) is 0 Å². The highest BCUT2D eigenvalue weighted by atomic mass is 32.1. The van der Waals surface area contributed by atoms with Crippen LogP contribution in [-0.4, -0.2) is 4.86 Å². The van der Waals surface area contributed by atoms with Gasteiger partial charge in [0, 0.05) is 0 Å². The zero-order valence-corrected chi connectivity index (χ0v) is 8.13. The fourth-order valence-electron chi connectivity index (χ4n) is 1.19. The molecule has 0 atom stereocenters. The summed E-state index contributed by atoms with van der Waals surface area (Å²) >= 11 is 5.27. The Hall–Kier alpha value is 0.0900. The van der Waals surface area contributed by atoms with E-state index in [0.717, 1.165) is 6.42 Å². The SMILES string of the molecule is CCCC(=S)C(CC)CC. The maximum atomic E-state index is 5.27. The fourth-order valence-corrected chi connectivity index (χ4v) is 1.73. The standard InChI is InChI=1S/C9H18S/c1-4-7-9(10)8(5-2)6-3/h8H,4-7H2,1-3H3. The quantitative estimate of drug-likeness (QED) is 0.551. The molecule has 0 aromatic carbocycles. The number of rotatable bonds is 5. The van der Waals surface area contributed by atoms with Crippen molar-refractivity contribution < 1.29 is 0 Å². The Bertz CT molecular complexity index is 92.9. The summed E-state index contributed by atoms with van der Waals surface area (Å²) < 4.78 is 0. The summed E-state index contributed by atoms with van der Waals surface area (Å²) in [5, 5.41) is 0. The molecule has 0 nitrogen and oxygen atoms in total. The molecule has 0 aliphatic rings. The molecular formula is C9H18S. The second kappa shape index (κ2) is 5.84. The summed E-state index contributed by atoms with van der Waals surface area (Å²) in [6, 6.07) is 0. The van der Waals surface area contributed by atoms with Crippen LogP contribution in [0.15, 0.2) is 0 Å². The van der Waals surface area contributed by atoms with Gasteiger partial charge in [0.1, 0.15) is 0 Å². The number of thiocarbonyl (C=S) groups is 1. The molecule has 0 bridgehead atoms. The lowest BCUT2D eigenvalue weighted by atomic mass is 9.97. The largest absolute Gasteiger partial charge is 0.0894 e. The molecule has 0 aliphatic carbocycles. The van der Waals surface area contributed by atoms with Crippen molar-refractivity contribution in [2.45, 2.75) is 46.5 Å². The van der Waals surface area contributed by atoms with Crippen molar-refractivity contribution in [2.24, 2.45) is 5.92 Å². The Labute approximate surface area is 70.0 Å². The number of hydrogen-bond donors (Lipinski definition) is 0. The highest BCUT2D eigenvalue weighted by Gasteiger charge is 2.07. The van der Waals surface area contributed by atoms with Crippen molar-refractivity contribution in [1.82, 2.24) is 0 Å². The van der Waals surface area contributed by atoms with Crippen LogP contribution < -0.4 is 0 Å². The molecule has 0 radical (unpaired) electrons. The highest BCUT2D eigenvalue weighted by Crippen LogP contribution is 2.13. The van der Waals surface area contributed by atoms with Crippen molar-refractivity contribution in [3.05, 3.63) is 0 Å². The van der Waals surface area contributed by atoms with E-state index in [1.54, 1.807) is 0 Å². The molecule has 0 aromatic heterocycles. The topological polar surface area (TPSA) is 0 Å². The fraction of sp³-hybridized carbons (Fsp3) is 0.889. The van der Waals surface area contributed by atoms with Crippen molar-refractivity contribution in [2.75, 3.05) is 0 Å². The Morgan fingerprint density at radius 3 is 2.00 bits per heavy atom. The highest BCUT2D eigenvalue weighted by molar-refractivity contribution is 7.80. The Morgan fingerprint density at radius 1 is 1.20 bits per heavy atom. The first-order valence-corrected chi connectivity index (χ1v) is 4.69. The molecule has 1 heteroatoms. The summed E-state index contributed by atoms with van der Waals surface area (Å²) in [5.41, 5.74) is 0. The first kappa shape index (κ1) is 10.1. The van der Waals surface area contributed by atoms with Gasteiger partial charge in [0.05, 0.1) is 0 Å². The van der Waals surface area contributed by atoms with Gasteiger partial charge in [0.2, 0.25) is 0 Å². The van der Waals surface area contributed by atoms with E-state index in [-0.39, 0.29) is 0 Å². The van der Waals surface area contributed by atoms with Crippen molar-refractivity contribution in [3.8, 4) is 0 Å². The van der Waals surface area contributed by atoms with E-state index in [9.17, 15) is 0 Å². The molecule has 0 spiro atoms. The molecule has 0 unspecified atom stereocenters.